The van der Waals surface area contributed by atoms with Crippen LogP contribution in [0.25, 0.3) is 22.3 Å². The number of allylic oxidation sites excluding steroid dienone is 1. The van der Waals surface area contributed by atoms with Crippen LogP contribution in [-0.4, -0.2) is 8.42 Å². The van der Waals surface area contributed by atoms with Gasteiger partial charge in [-0.25, -0.2) is 13.6 Å². The summed E-state index contributed by atoms with van der Waals surface area (Å²) in [6.45, 7) is 5.99. The Bertz CT molecular complexity index is 1010. The van der Waals surface area contributed by atoms with E-state index < -0.39 is 10.0 Å². The van der Waals surface area contributed by atoms with Gasteiger partial charge in [-0.2, -0.15) is 0 Å². The van der Waals surface area contributed by atoms with E-state index in [4.69, 9.17) is 5.14 Å². The number of nitrogens with two attached hydrogens (primary N) is 1. The summed E-state index contributed by atoms with van der Waals surface area (Å²) < 4.78 is 24.1. The van der Waals surface area contributed by atoms with Crippen LogP contribution in [0.5, 0.6) is 0 Å². The van der Waals surface area contributed by atoms with Crippen molar-refractivity contribution in [3.8, 4) is 22.3 Å². The number of benzene rings is 2. The second kappa shape index (κ2) is 6.96. The quantitative estimate of drug-likeness (QED) is 0.642. The minimum absolute atomic E-state index is 0.141. The Labute approximate surface area is 152 Å². The van der Waals surface area contributed by atoms with E-state index >= 15 is 0 Å². The van der Waals surface area contributed by atoms with Gasteiger partial charge in [0.1, 0.15) is 0 Å². The van der Waals surface area contributed by atoms with Crippen LogP contribution in [0.2, 0.25) is 0 Å². The summed E-state index contributed by atoms with van der Waals surface area (Å²) in [5.74, 6) is 0.163. The third-order valence-electron chi connectivity index (χ3n) is 4.13. The molecule has 0 aliphatic heterocycles. The monoisotopic (exact) mass is 369 g/mol. The molecule has 0 aliphatic carbocycles. The minimum atomic E-state index is -3.81. The highest BCUT2D eigenvalue weighted by molar-refractivity contribution is 7.89. The van der Waals surface area contributed by atoms with Crippen molar-refractivity contribution >= 4 is 21.4 Å². The van der Waals surface area contributed by atoms with Crippen LogP contribution in [0.15, 0.2) is 77.5 Å². The Morgan fingerprint density at radius 2 is 1.68 bits per heavy atom. The fourth-order valence-electron chi connectivity index (χ4n) is 2.85. The maximum atomic E-state index is 12.0. The summed E-state index contributed by atoms with van der Waals surface area (Å²) in [5, 5.41) is 7.44. The highest BCUT2D eigenvalue weighted by atomic mass is 32.2. The van der Waals surface area contributed by atoms with Gasteiger partial charge in [0.25, 0.3) is 0 Å². The molecule has 2 N–H and O–H groups in total. The average molecular weight is 370 g/mol. The van der Waals surface area contributed by atoms with Gasteiger partial charge >= 0.3 is 0 Å². The predicted molar refractivity (Wildman–Crippen MR) is 105 cm³/mol. The van der Waals surface area contributed by atoms with Crippen LogP contribution in [-0.2, 0) is 10.0 Å². The molecule has 0 saturated carbocycles. The highest BCUT2D eigenvalue weighted by Gasteiger charge is 2.22. The summed E-state index contributed by atoms with van der Waals surface area (Å²) in [4.78, 5) is 1.29. The van der Waals surface area contributed by atoms with Crippen molar-refractivity contribution in [1.82, 2.24) is 0 Å². The molecular formula is C20H19NO2S2. The lowest BCUT2D eigenvalue weighted by Crippen LogP contribution is -2.13. The van der Waals surface area contributed by atoms with Crippen molar-refractivity contribution in [3.63, 3.8) is 0 Å². The smallest absolute Gasteiger partial charge is 0.225 e. The lowest BCUT2D eigenvalue weighted by molar-refractivity contribution is 0.598. The lowest BCUT2D eigenvalue weighted by atomic mass is 9.93. The third-order valence-corrected chi connectivity index (χ3v) is 6.29. The molecule has 5 heteroatoms. The standard InChI is InChI=1S/C20H19NO2S2/c1-3-14(2)20-19(15-9-5-4-6-10-15)17(13-24-20)16-11-7-8-12-18(16)25(21,22)23/h3-14H,1H2,2H3,(H2,21,22,23). The molecule has 3 rings (SSSR count). The Morgan fingerprint density at radius 3 is 2.32 bits per heavy atom. The summed E-state index contributed by atoms with van der Waals surface area (Å²) >= 11 is 1.61. The van der Waals surface area contributed by atoms with Gasteiger partial charge in [-0.1, -0.05) is 61.5 Å². The molecule has 3 nitrogen and oxygen atoms in total. The van der Waals surface area contributed by atoms with Crippen LogP contribution >= 0.6 is 11.3 Å². The van der Waals surface area contributed by atoms with Crippen molar-refractivity contribution in [1.29, 1.82) is 0 Å². The molecule has 1 aromatic heterocycles. The first-order valence-corrected chi connectivity index (χ1v) is 10.3. The lowest BCUT2D eigenvalue weighted by Gasteiger charge is -2.13. The maximum absolute atomic E-state index is 12.0. The van der Waals surface area contributed by atoms with Gasteiger partial charge in [-0.15, -0.1) is 17.9 Å². The molecule has 1 atom stereocenters. The number of sulfonamides is 1. The van der Waals surface area contributed by atoms with Crippen molar-refractivity contribution < 1.29 is 8.42 Å². The van der Waals surface area contributed by atoms with Crippen LogP contribution in [0.4, 0.5) is 0 Å². The van der Waals surface area contributed by atoms with Gasteiger partial charge in [0, 0.05) is 27.5 Å². The van der Waals surface area contributed by atoms with E-state index in [1.807, 2.05) is 47.9 Å². The molecule has 0 saturated heterocycles. The second-order valence-corrected chi connectivity index (χ2v) is 8.26. The van der Waals surface area contributed by atoms with Crippen molar-refractivity contribution in [3.05, 3.63) is 77.5 Å². The molecule has 0 aliphatic rings. The Hall–Kier alpha value is -2.21. The van der Waals surface area contributed by atoms with Gasteiger partial charge in [0.15, 0.2) is 0 Å². The molecule has 1 heterocycles. The number of rotatable bonds is 5. The maximum Gasteiger partial charge on any atom is 0.238 e. The second-order valence-electron chi connectivity index (χ2n) is 5.82. The molecule has 0 spiro atoms. The molecular weight excluding hydrogens is 350 g/mol. The molecule has 128 valence electrons. The molecule has 0 amide bonds. The fourth-order valence-corrected chi connectivity index (χ4v) is 4.75. The van der Waals surface area contributed by atoms with E-state index in [1.54, 1.807) is 29.5 Å². The average Bonchev–Trinajstić information content (AvgIpc) is 3.06. The molecule has 2 aromatic carbocycles. The van der Waals surface area contributed by atoms with E-state index in [0.29, 0.717) is 5.56 Å². The fraction of sp³-hybridized carbons (Fsp3) is 0.100. The van der Waals surface area contributed by atoms with Crippen LogP contribution in [0, 0.1) is 0 Å². The number of thiophene rings is 1. The van der Waals surface area contributed by atoms with Crippen molar-refractivity contribution in [2.24, 2.45) is 5.14 Å². The van der Waals surface area contributed by atoms with Crippen LogP contribution in [0.3, 0.4) is 0 Å². The Kier molecular flexibility index (Phi) is 4.90. The van der Waals surface area contributed by atoms with E-state index in [2.05, 4.69) is 13.5 Å². The summed E-state index contributed by atoms with van der Waals surface area (Å²) in [7, 11) is -3.81. The zero-order chi connectivity index (χ0) is 18.0. The molecule has 0 fully saturated rings. The normalized spacial score (nSPS) is 12.7. The van der Waals surface area contributed by atoms with Gasteiger partial charge < -0.3 is 0 Å². The van der Waals surface area contributed by atoms with Gasteiger partial charge in [0.2, 0.25) is 10.0 Å². The van der Waals surface area contributed by atoms with E-state index in [9.17, 15) is 8.42 Å². The molecule has 0 radical (unpaired) electrons. The topological polar surface area (TPSA) is 60.2 Å². The van der Waals surface area contributed by atoms with Gasteiger partial charge in [0.05, 0.1) is 4.90 Å². The Balaban J connectivity index is 2.33. The number of hydrogen-bond donors (Lipinski definition) is 1. The first-order valence-electron chi connectivity index (χ1n) is 7.85. The molecule has 0 bridgehead atoms. The zero-order valence-electron chi connectivity index (χ0n) is 13.8. The first-order chi connectivity index (χ1) is 11.9. The summed E-state index contributed by atoms with van der Waals surface area (Å²) in [6.07, 6.45) is 1.90. The van der Waals surface area contributed by atoms with Gasteiger partial charge in [-0.05, 0) is 17.0 Å². The van der Waals surface area contributed by atoms with E-state index in [0.717, 1.165) is 21.6 Å². The first kappa shape index (κ1) is 17.6. The van der Waals surface area contributed by atoms with Crippen LogP contribution in [0.1, 0.15) is 17.7 Å². The van der Waals surface area contributed by atoms with Crippen LogP contribution < -0.4 is 5.14 Å². The minimum Gasteiger partial charge on any atom is -0.225 e. The van der Waals surface area contributed by atoms with Crippen molar-refractivity contribution in [2.45, 2.75) is 17.7 Å². The highest BCUT2D eigenvalue weighted by Crippen LogP contribution is 2.44. The van der Waals surface area contributed by atoms with E-state index in [1.165, 1.54) is 0 Å². The predicted octanol–water partition coefficient (Wildman–Crippen LogP) is 5.02. The largest absolute Gasteiger partial charge is 0.238 e. The summed E-state index contributed by atoms with van der Waals surface area (Å²) in [5.41, 5.74) is 3.59. The number of hydrogen-bond acceptors (Lipinski definition) is 3. The SMILES string of the molecule is C=CC(C)c1scc(-c2ccccc2S(N)(=O)=O)c1-c1ccccc1. The molecule has 3 aromatic rings. The number of primary sulfonamides is 1. The zero-order valence-corrected chi connectivity index (χ0v) is 15.5. The van der Waals surface area contributed by atoms with Crippen molar-refractivity contribution in [2.75, 3.05) is 0 Å². The molecule has 25 heavy (non-hydrogen) atoms. The van der Waals surface area contributed by atoms with E-state index in [-0.39, 0.29) is 10.8 Å². The third kappa shape index (κ3) is 3.44. The summed E-state index contributed by atoms with van der Waals surface area (Å²) in [6, 6.07) is 16.8. The van der Waals surface area contributed by atoms with Gasteiger partial charge in [-0.3, -0.25) is 0 Å². The Morgan fingerprint density at radius 1 is 1.04 bits per heavy atom. The molecule has 1 unspecified atom stereocenters.